The van der Waals surface area contributed by atoms with Crippen molar-refractivity contribution in [3.8, 4) is 11.4 Å². The van der Waals surface area contributed by atoms with E-state index in [0.717, 1.165) is 17.8 Å². The Morgan fingerprint density at radius 2 is 1.90 bits per heavy atom. The van der Waals surface area contributed by atoms with Gasteiger partial charge in [0.15, 0.2) is 0 Å². The maximum absolute atomic E-state index is 12.6. The van der Waals surface area contributed by atoms with Crippen LogP contribution in [0.3, 0.4) is 0 Å². The van der Waals surface area contributed by atoms with Crippen LogP contribution in [0.4, 0.5) is 13.2 Å². The summed E-state index contributed by atoms with van der Waals surface area (Å²) in [5.74, 6) is 0. The molecule has 0 amide bonds. The number of rotatable bonds is 1. The Morgan fingerprint density at radius 1 is 1.10 bits per heavy atom. The quantitative estimate of drug-likeness (QED) is 0.687. The van der Waals surface area contributed by atoms with E-state index in [4.69, 9.17) is 0 Å². The molecule has 0 spiro atoms. The minimum atomic E-state index is -4.38. The summed E-state index contributed by atoms with van der Waals surface area (Å²) < 4.78 is 39.5. The van der Waals surface area contributed by atoms with Crippen molar-refractivity contribution in [3.05, 3.63) is 42.2 Å². The van der Waals surface area contributed by atoms with Crippen molar-refractivity contribution in [3.63, 3.8) is 0 Å². The van der Waals surface area contributed by atoms with Crippen LogP contribution in [0.5, 0.6) is 0 Å². The smallest absolute Gasteiger partial charge is 0.266 e. The molecule has 0 N–H and O–H groups in total. The monoisotopic (exact) mass is 278 g/mol. The first-order chi connectivity index (χ1) is 9.45. The molecule has 1 aromatic carbocycles. The number of halogens is 3. The highest BCUT2D eigenvalue weighted by Gasteiger charge is 2.30. The third-order valence-corrected chi connectivity index (χ3v) is 2.95. The Hall–Kier alpha value is -2.44. The summed E-state index contributed by atoms with van der Waals surface area (Å²) in [7, 11) is 1.76. The highest BCUT2D eigenvalue weighted by atomic mass is 19.4. The highest BCUT2D eigenvalue weighted by Crippen LogP contribution is 2.31. The first-order valence-electron chi connectivity index (χ1n) is 5.77. The van der Waals surface area contributed by atoms with Gasteiger partial charge in [-0.2, -0.15) is 18.3 Å². The van der Waals surface area contributed by atoms with Crippen LogP contribution in [0, 0.1) is 0 Å². The molecule has 2 heterocycles. The van der Waals surface area contributed by atoms with E-state index in [2.05, 4.69) is 15.1 Å². The molecule has 0 aliphatic heterocycles. The van der Waals surface area contributed by atoms with Crippen LogP contribution in [-0.2, 0) is 13.2 Å². The number of hydrogen-bond acceptors (Lipinski definition) is 3. The lowest BCUT2D eigenvalue weighted by Crippen LogP contribution is -2.05. The summed E-state index contributed by atoms with van der Waals surface area (Å²) in [5, 5.41) is 4.02. The first-order valence-corrected chi connectivity index (χ1v) is 5.77. The van der Waals surface area contributed by atoms with Gasteiger partial charge in [0.2, 0.25) is 0 Å². The van der Waals surface area contributed by atoms with Crippen molar-refractivity contribution in [1.82, 2.24) is 19.7 Å². The van der Waals surface area contributed by atoms with Gasteiger partial charge in [0.05, 0.1) is 28.5 Å². The molecule has 7 heteroatoms. The lowest BCUT2D eigenvalue weighted by Gasteiger charge is -2.07. The Labute approximate surface area is 111 Å². The predicted molar refractivity (Wildman–Crippen MR) is 66.7 cm³/mol. The highest BCUT2D eigenvalue weighted by molar-refractivity contribution is 5.77. The molecule has 0 aliphatic carbocycles. The maximum Gasteiger partial charge on any atom is 0.416 e. The zero-order valence-electron chi connectivity index (χ0n) is 10.4. The molecule has 0 bridgehead atoms. The van der Waals surface area contributed by atoms with E-state index in [0.29, 0.717) is 11.2 Å². The molecule has 0 aliphatic rings. The van der Waals surface area contributed by atoms with E-state index in [1.54, 1.807) is 24.0 Å². The maximum atomic E-state index is 12.6. The molecule has 20 heavy (non-hydrogen) atoms. The van der Waals surface area contributed by atoms with Gasteiger partial charge in [0.1, 0.15) is 5.69 Å². The van der Waals surface area contributed by atoms with Crippen molar-refractivity contribution >= 4 is 11.0 Å². The minimum absolute atomic E-state index is 0.214. The van der Waals surface area contributed by atoms with Crippen molar-refractivity contribution in [2.45, 2.75) is 6.18 Å². The molecule has 0 atom stereocenters. The lowest BCUT2D eigenvalue weighted by molar-refractivity contribution is -0.137. The van der Waals surface area contributed by atoms with Gasteiger partial charge >= 0.3 is 6.18 Å². The van der Waals surface area contributed by atoms with Gasteiger partial charge in [-0.1, -0.05) is 0 Å². The Balaban J connectivity index is 2.12. The molecule has 102 valence electrons. The summed E-state index contributed by atoms with van der Waals surface area (Å²) in [6.45, 7) is 0. The van der Waals surface area contributed by atoms with E-state index < -0.39 is 11.7 Å². The molecule has 0 saturated carbocycles. The fourth-order valence-electron chi connectivity index (χ4n) is 1.94. The van der Waals surface area contributed by atoms with Gasteiger partial charge in [0.25, 0.3) is 0 Å². The Kier molecular flexibility index (Phi) is 2.70. The average Bonchev–Trinajstić information content (AvgIpc) is 2.83. The van der Waals surface area contributed by atoms with E-state index in [1.807, 2.05) is 0 Å². The topological polar surface area (TPSA) is 43.6 Å². The summed E-state index contributed by atoms with van der Waals surface area (Å²) >= 11 is 0. The molecule has 3 rings (SSSR count). The molecule has 4 nitrogen and oxygen atoms in total. The average molecular weight is 278 g/mol. The van der Waals surface area contributed by atoms with Crippen molar-refractivity contribution in [2.75, 3.05) is 0 Å². The van der Waals surface area contributed by atoms with E-state index in [1.165, 1.54) is 12.3 Å². The van der Waals surface area contributed by atoms with E-state index in [9.17, 15) is 13.2 Å². The predicted octanol–water partition coefficient (Wildman–Crippen LogP) is 3.05. The first kappa shape index (κ1) is 12.6. The van der Waals surface area contributed by atoms with Gasteiger partial charge in [-0.25, -0.2) is 4.98 Å². The third-order valence-electron chi connectivity index (χ3n) is 2.95. The zero-order chi connectivity index (χ0) is 14.3. The van der Waals surface area contributed by atoms with Crippen LogP contribution in [-0.4, -0.2) is 19.7 Å². The largest absolute Gasteiger partial charge is 0.416 e. The number of aromatic nitrogens is 4. The third kappa shape index (κ3) is 2.11. The molecular weight excluding hydrogens is 269 g/mol. The molecule has 2 aromatic heterocycles. The number of alkyl halides is 3. The summed E-state index contributed by atoms with van der Waals surface area (Å²) in [6, 6.07) is 5.09. The number of nitrogens with zero attached hydrogens (tertiary/aromatic N) is 4. The van der Waals surface area contributed by atoms with E-state index >= 15 is 0 Å². The van der Waals surface area contributed by atoms with E-state index in [-0.39, 0.29) is 5.52 Å². The molecule has 0 fully saturated rings. The van der Waals surface area contributed by atoms with Gasteiger partial charge < -0.3 is 0 Å². The molecule has 0 radical (unpaired) electrons. The minimum Gasteiger partial charge on any atom is -0.266 e. The van der Waals surface area contributed by atoms with Crippen LogP contribution in [0.15, 0.2) is 36.7 Å². The lowest BCUT2D eigenvalue weighted by atomic mass is 10.2. The van der Waals surface area contributed by atoms with Crippen LogP contribution in [0.2, 0.25) is 0 Å². The van der Waals surface area contributed by atoms with Crippen LogP contribution in [0.25, 0.3) is 22.4 Å². The van der Waals surface area contributed by atoms with Gasteiger partial charge in [-0.15, -0.1) is 0 Å². The fourth-order valence-corrected chi connectivity index (χ4v) is 1.94. The Bertz CT molecular complexity index is 777. The molecular formula is C13H9F3N4. The van der Waals surface area contributed by atoms with Crippen LogP contribution < -0.4 is 0 Å². The number of benzene rings is 1. The Morgan fingerprint density at radius 3 is 2.55 bits per heavy atom. The standard InChI is InChI=1S/C13H9F3N4/c1-20-12(4-5-18-20)11-7-17-10-6-8(13(14,15)16)2-3-9(10)19-11/h2-7H,1H3. The molecule has 0 saturated heterocycles. The second-order valence-electron chi connectivity index (χ2n) is 4.30. The second kappa shape index (κ2) is 4.29. The van der Waals surface area contributed by atoms with Crippen molar-refractivity contribution < 1.29 is 13.2 Å². The van der Waals surface area contributed by atoms with Gasteiger partial charge in [0, 0.05) is 13.2 Å². The van der Waals surface area contributed by atoms with Crippen molar-refractivity contribution in [1.29, 1.82) is 0 Å². The SMILES string of the molecule is Cn1nccc1-c1cnc2cc(C(F)(F)F)ccc2n1. The number of fused-ring (bicyclic) bond motifs is 1. The number of hydrogen-bond donors (Lipinski definition) is 0. The zero-order valence-corrected chi connectivity index (χ0v) is 10.4. The second-order valence-corrected chi connectivity index (χ2v) is 4.30. The summed E-state index contributed by atoms with van der Waals surface area (Å²) in [4.78, 5) is 8.36. The van der Waals surface area contributed by atoms with Gasteiger partial charge in [-0.3, -0.25) is 9.67 Å². The van der Waals surface area contributed by atoms with Crippen molar-refractivity contribution in [2.24, 2.45) is 7.05 Å². The van der Waals surface area contributed by atoms with Crippen LogP contribution in [0.1, 0.15) is 5.56 Å². The normalized spacial score (nSPS) is 12.0. The number of aryl methyl sites for hydroxylation is 1. The molecule has 3 aromatic rings. The molecule has 0 unspecified atom stereocenters. The van der Waals surface area contributed by atoms with Crippen LogP contribution >= 0.6 is 0 Å². The fraction of sp³-hybridized carbons (Fsp3) is 0.154. The van der Waals surface area contributed by atoms with Gasteiger partial charge in [-0.05, 0) is 24.3 Å². The summed E-state index contributed by atoms with van der Waals surface area (Å²) in [5.41, 5.74) is 1.21. The summed E-state index contributed by atoms with van der Waals surface area (Å²) in [6.07, 6.45) is -1.32.